The van der Waals surface area contributed by atoms with Gasteiger partial charge in [0, 0.05) is 19.1 Å². The van der Waals surface area contributed by atoms with E-state index in [2.05, 4.69) is 39.6 Å². The van der Waals surface area contributed by atoms with Gasteiger partial charge in [-0.2, -0.15) is 0 Å². The molecule has 1 amide bonds. The van der Waals surface area contributed by atoms with E-state index in [0.29, 0.717) is 23.5 Å². The van der Waals surface area contributed by atoms with Crippen molar-refractivity contribution in [1.29, 1.82) is 0 Å². The van der Waals surface area contributed by atoms with E-state index in [1.165, 1.54) is 5.56 Å². The average molecular weight is 338 g/mol. The molecule has 25 heavy (non-hydrogen) atoms. The first kappa shape index (κ1) is 17.4. The zero-order valence-corrected chi connectivity index (χ0v) is 15.0. The molecule has 0 bridgehead atoms. The number of rotatable bonds is 5. The molecule has 1 saturated heterocycles. The highest BCUT2D eigenvalue weighted by Gasteiger charge is 2.24. The minimum absolute atomic E-state index is 0.0123. The van der Waals surface area contributed by atoms with Gasteiger partial charge in [-0.05, 0) is 44.6 Å². The molecule has 2 heterocycles. The lowest BCUT2D eigenvalue weighted by molar-refractivity contribution is 0.0684. The van der Waals surface area contributed by atoms with Crippen LogP contribution in [0, 0.1) is 5.92 Å². The average Bonchev–Trinajstić information content (AvgIpc) is 2.63. The third-order valence-electron chi connectivity index (χ3n) is 4.58. The van der Waals surface area contributed by atoms with Crippen LogP contribution in [0.1, 0.15) is 42.7 Å². The van der Waals surface area contributed by atoms with Crippen LogP contribution >= 0.6 is 0 Å². The molecule has 1 N–H and O–H groups in total. The Morgan fingerprint density at radius 1 is 1.16 bits per heavy atom. The summed E-state index contributed by atoms with van der Waals surface area (Å²) in [4.78, 5) is 23.1. The van der Waals surface area contributed by atoms with Crippen LogP contribution in [-0.4, -0.2) is 39.9 Å². The van der Waals surface area contributed by atoms with Gasteiger partial charge in [0.25, 0.3) is 5.91 Å². The Balaban J connectivity index is 1.52. The first-order chi connectivity index (χ1) is 12.1. The molecule has 0 aliphatic carbocycles. The van der Waals surface area contributed by atoms with Crippen molar-refractivity contribution in [3.63, 3.8) is 0 Å². The van der Waals surface area contributed by atoms with Crippen LogP contribution in [0.5, 0.6) is 0 Å². The number of nitrogens with one attached hydrogen (secondary N) is 1. The van der Waals surface area contributed by atoms with Gasteiger partial charge in [-0.25, -0.2) is 9.97 Å². The predicted molar refractivity (Wildman–Crippen MR) is 99.6 cm³/mol. The molecular weight excluding hydrogens is 312 g/mol. The Morgan fingerprint density at radius 2 is 1.88 bits per heavy atom. The maximum atomic E-state index is 12.6. The van der Waals surface area contributed by atoms with Gasteiger partial charge in [0.1, 0.15) is 11.5 Å². The third kappa shape index (κ3) is 4.78. The number of anilines is 1. The van der Waals surface area contributed by atoms with Crippen LogP contribution in [0.15, 0.2) is 42.7 Å². The second-order valence-corrected chi connectivity index (χ2v) is 7.01. The number of hydrogen-bond acceptors (Lipinski definition) is 4. The van der Waals surface area contributed by atoms with E-state index in [4.69, 9.17) is 0 Å². The smallest absolute Gasteiger partial charge is 0.274 e. The number of likely N-dealkylation sites (tertiary alicyclic amines) is 1. The highest BCUT2D eigenvalue weighted by atomic mass is 16.2. The summed E-state index contributed by atoms with van der Waals surface area (Å²) in [6.45, 7) is 5.68. The molecule has 0 radical (unpaired) electrons. The Kier molecular flexibility index (Phi) is 5.64. The van der Waals surface area contributed by atoms with Crippen LogP contribution < -0.4 is 5.32 Å². The Hall–Kier alpha value is -2.43. The Bertz CT molecular complexity index is 677. The van der Waals surface area contributed by atoms with E-state index in [0.717, 1.165) is 32.4 Å². The lowest BCUT2D eigenvalue weighted by Gasteiger charge is -2.31. The number of benzene rings is 1. The number of amides is 1. The van der Waals surface area contributed by atoms with E-state index >= 15 is 0 Å². The van der Waals surface area contributed by atoms with Crippen molar-refractivity contribution in [3.8, 4) is 0 Å². The van der Waals surface area contributed by atoms with Gasteiger partial charge in [0.05, 0.1) is 12.4 Å². The zero-order chi connectivity index (χ0) is 17.6. The van der Waals surface area contributed by atoms with Crippen molar-refractivity contribution < 1.29 is 4.79 Å². The van der Waals surface area contributed by atoms with Crippen molar-refractivity contribution >= 4 is 11.7 Å². The van der Waals surface area contributed by atoms with Crippen molar-refractivity contribution in [3.05, 3.63) is 54.0 Å². The van der Waals surface area contributed by atoms with Crippen LogP contribution in [0.3, 0.4) is 0 Å². The summed E-state index contributed by atoms with van der Waals surface area (Å²) in [6.07, 6.45) is 6.39. The van der Waals surface area contributed by atoms with Gasteiger partial charge in [0.2, 0.25) is 0 Å². The quantitative estimate of drug-likeness (QED) is 0.908. The van der Waals surface area contributed by atoms with Crippen molar-refractivity contribution in [2.45, 2.75) is 39.2 Å². The van der Waals surface area contributed by atoms with Crippen molar-refractivity contribution in [1.82, 2.24) is 14.9 Å². The van der Waals surface area contributed by atoms with Gasteiger partial charge in [-0.15, -0.1) is 0 Å². The third-order valence-corrected chi connectivity index (χ3v) is 4.58. The molecule has 3 rings (SSSR count). The number of piperidine rings is 1. The fraction of sp³-hybridized carbons (Fsp3) is 0.450. The predicted octanol–water partition coefficient (Wildman–Crippen LogP) is 3.39. The van der Waals surface area contributed by atoms with Crippen molar-refractivity contribution in [2.24, 2.45) is 5.92 Å². The standard InChI is InChI=1S/C20H26N4O/c1-15(2)23-19-14-21-18(13-22-19)20(25)24-10-8-17(9-11-24)12-16-6-4-3-5-7-16/h3-7,13-15,17H,8-12H2,1-2H3,(H,22,23). The number of aromatic nitrogens is 2. The summed E-state index contributed by atoms with van der Waals surface area (Å²) < 4.78 is 0. The summed E-state index contributed by atoms with van der Waals surface area (Å²) in [5.41, 5.74) is 1.81. The number of carbonyl (C=O) groups excluding carboxylic acids is 1. The zero-order valence-electron chi connectivity index (χ0n) is 15.0. The fourth-order valence-electron chi connectivity index (χ4n) is 3.26. The minimum atomic E-state index is -0.0123. The van der Waals surface area contributed by atoms with E-state index in [-0.39, 0.29) is 5.91 Å². The molecule has 0 atom stereocenters. The SMILES string of the molecule is CC(C)Nc1cnc(C(=O)N2CCC(Cc3ccccc3)CC2)cn1. The lowest BCUT2D eigenvalue weighted by atomic mass is 9.90. The Morgan fingerprint density at radius 3 is 2.48 bits per heavy atom. The molecule has 1 aliphatic heterocycles. The van der Waals surface area contributed by atoms with Gasteiger partial charge < -0.3 is 10.2 Å². The summed E-state index contributed by atoms with van der Waals surface area (Å²) in [6, 6.07) is 10.9. The first-order valence-electron chi connectivity index (χ1n) is 9.03. The molecule has 0 unspecified atom stereocenters. The number of nitrogens with zero attached hydrogens (tertiary/aromatic N) is 3. The lowest BCUT2D eigenvalue weighted by Crippen LogP contribution is -2.39. The van der Waals surface area contributed by atoms with Crippen LogP contribution in [0.2, 0.25) is 0 Å². The molecule has 1 aliphatic rings. The van der Waals surface area contributed by atoms with Crippen LogP contribution in [-0.2, 0) is 6.42 Å². The molecule has 2 aromatic rings. The largest absolute Gasteiger partial charge is 0.367 e. The molecule has 0 spiro atoms. The van der Waals surface area contributed by atoms with E-state index < -0.39 is 0 Å². The molecule has 5 nitrogen and oxygen atoms in total. The normalized spacial score (nSPS) is 15.4. The second-order valence-electron chi connectivity index (χ2n) is 7.01. The van der Waals surface area contributed by atoms with E-state index in [9.17, 15) is 4.79 Å². The number of carbonyl (C=O) groups is 1. The minimum Gasteiger partial charge on any atom is -0.367 e. The molecule has 1 aromatic carbocycles. The summed E-state index contributed by atoms with van der Waals surface area (Å²) in [7, 11) is 0. The van der Waals surface area contributed by atoms with Gasteiger partial charge >= 0.3 is 0 Å². The molecule has 1 aromatic heterocycles. The van der Waals surface area contributed by atoms with Gasteiger partial charge in [-0.3, -0.25) is 4.79 Å². The summed E-state index contributed by atoms with van der Waals surface area (Å²) in [5.74, 6) is 1.34. The van der Waals surface area contributed by atoms with Gasteiger partial charge in [-0.1, -0.05) is 30.3 Å². The number of hydrogen-bond donors (Lipinski definition) is 1. The van der Waals surface area contributed by atoms with Gasteiger partial charge in [0.15, 0.2) is 0 Å². The second kappa shape index (κ2) is 8.10. The molecule has 0 saturated carbocycles. The Labute approximate surface area is 149 Å². The topological polar surface area (TPSA) is 58.1 Å². The maximum Gasteiger partial charge on any atom is 0.274 e. The molecule has 1 fully saturated rings. The highest BCUT2D eigenvalue weighted by molar-refractivity contribution is 5.92. The summed E-state index contributed by atoms with van der Waals surface area (Å²) in [5, 5.41) is 3.18. The highest BCUT2D eigenvalue weighted by Crippen LogP contribution is 2.22. The maximum absolute atomic E-state index is 12.6. The van der Waals surface area contributed by atoms with E-state index in [1.807, 2.05) is 24.8 Å². The van der Waals surface area contributed by atoms with E-state index in [1.54, 1.807) is 12.4 Å². The van der Waals surface area contributed by atoms with Crippen LogP contribution in [0.4, 0.5) is 5.82 Å². The van der Waals surface area contributed by atoms with Crippen LogP contribution in [0.25, 0.3) is 0 Å². The molecule has 5 heteroatoms. The fourth-order valence-corrected chi connectivity index (χ4v) is 3.26. The molecule has 132 valence electrons. The monoisotopic (exact) mass is 338 g/mol. The summed E-state index contributed by atoms with van der Waals surface area (Å²) >= 11 is 0. The van der Waals surface area contributed by atoms with Crippen molar-refractivity contribution in [2.75, 3.05) is 18.4 Å². The first-order valence-corrected chi connectivity index (χ1v) is 9.03. The molecular formula is C20H26N4O.